The average Bonchev–Trinajstić information content (AvgIpc) is 2.27. The molecule has 0 radical (unpaired) electrons. The Kier molecular flexibility index (Phi) is 4.73. The lowest BCUT2D eigenvalue weighted by atomic mass is 10.1. The normalized spacial score (nSPS) is 12.9. The second kappa shape index (κ2) is 5.87. The van der Waals surface area contributed by atoms with Crippen molar-refractivity contribution in [1.82, 2.24) is 5.32 Å². The number of hydrogen-bond donors (Lipinski definition) is 3. The van der Waals surface area contributed by atoms with Crippen molar-refractivity contribution in [3.63, 3.8) is 0 Å². The average molecular weight is 250 g/mol. The van der Waals surface area contributed by atoms with Gasteiger partial charge in [-0.2, -0.15) is 0 Å². The maximum absolute atomic E-state index is 11.9. The van der Waals surface area contributed by atoms with Crippen molar-refractivity contribution < 1.29 is 9.90 Å². The number of carbonyl (C=O) groups is 1. The van der Waals surface area contributed by atoms with E-state index in [4.69, 9.17) is 5.11 Å². The van der Waals surface area contributed by atoms with Gasteiger partial charge < -0.3 is 15.7 Å². The summed E-state index contributed by atoms with van der Waals surface area (Å²) in [5, 5.41) is 15.1. The van der Waals surface area contributed by atoms with Gasteiger partial charge in [0.25, 0.3) is 0 Å². The number of hydrogen-bond acceptors (Lipinski definition) is 3. The van der Waals surface area contributed by atoms with Gasteiger partial charge in [-0.1, -0.05) is 12.1 Å². The van der Waals surface area contributed by atoms with Gasteiger partial charge in [0.2, 0.25) is 5.91 Å². The molecule has 4 nitrogen and oxygen atoms in total. The van der Waals surface area contributed by atoms with Crippen molar-refractivity contribution in [1.29, 1.82) is 0 Å². The third-order valence-electron chi connectivity index (χ3n) is 2.38. The van der Waals surface area contributed by atoms with Gasteiger partial charge in [0.1, 0.15) is 6.04 Å². The monoisotopic (exact) mass is 250 g/mol. The van der Waals surface area contributed by atoms with Gasteiger partial charge in [0.15, 0.2) is 0 Å². The summed E-state index contributed by atoms with van der Waals surface area (Å²) in [4.78, 5) is 11.9. The summed E-state index contributed by atoms with van der Waals surface area (Å²) in [7, 11) is 0. The molecule has 0 heterocycles. The van der Waals surface area contributed by atoms with E-state index >= 15 is 0 Å². The van der Waals surface area contributed by atoms with Crippen LogP contribution in [0.3, 0.4) is 0 Å². The lowest BCUT2D eigenvalue weighted by molar-refractivity contribution is -0.122. The molecule has 3 N–H and O–H groups in total. The summed E-state index contributed by atoms with van der Waals surface area (Å²) < 4.78 is 0. The third kappa shape index (κ3) is 4.75. The van der Waals surface area contributed by atoms with Crippen LogP contribution in [0.2, 0.25) is 0 Å². The molecule has 0 spiro atoms. The van der Waals surface area contributed by atoms with Crippen molar-refractivity contribution in [2.75, 3.05) is 5.32 Å². The summed E-state index contributed by atoms with van der Waals surface area (Å²) in [6, 6.07) is 7.08. The highest BCUT2D eigenvalue weighted by Crippen LogP contribution is 2.12. The van der Waals surface area contributed by atoms with Crippen LogP contribution in [0.5, 0.6) is 0 Å². The van der Waals surface area contributed by atoms with Gasteiger partial charge in [-0.25, -0.2) is 0 Å². The molecule has 1 rings (SSSR count). The summed E-state index contributed by atoms with van der Waals surface area (Å²) in [6.45, 7) is 7.66. The van der Waals surface area contributed by atoms with E-state index in [-0.39, 0.29) is 24.1 Å². The van der Waals surface area contributed by atoms with Crippen LogP contribution < -0.4 is 10.6 Å². The molecular weight excluding hydrogens is 228 g/mol. The highest BCUT2D eigenvalue weighted by molar-refractivity contribution is 5.84. The second-order valence-corrected chi connectivity index (χ2v) is 5.46. The van der Waals surface area contributed by atoms with Crippen LogP contribution in [-0.4, -0.2) is 22.6 Å². The highest BCUT2D eigenvalue weighted by atomic mass is 16.3. The van der Waals surface area contributed by atoms with Crippen molar-refractivity contribution in [3.05, 3.63) is 29.8 Å². The first-order valence-electron chi connectivity index (χ1n) is 6.10. The Morgan fingerprint density at radius 3 is 2.61 bits per heavy atom. The van der Waals surface area contributed by atoms with Gasteiger partial charge >= 0.3 is 0 Å². The van der Waals surface area contributed by atoms with Gasteiger partial charge in [-0.05, 0) is 45.4 Å². The first-order chi connectivity index (χ1) is 8.31. The molecule has 1 atom stereocenters. The summed E-state index contributed by atoms with van der Waals surface area (Å²) in [6.07, 6.45) is 0. The Balaban J connectivity index is 2.63. The molecule has 0 aromatic heterocycles. The minimum absolute atomic E-state index is 0.00190. The molecule has 0 saturated heterocycles. The van der Waals surface area contributed by atoms with Crippen molar-refractivity contribution in [2.45, 2.75) is 45.9 Å². The van der Waals surface area contributed by atoms with Crippen molar-refractivity contribution >= 4 is 11.6 Å². The quantitative estimate of drug-likeness (QED) is 0.765. The van der Waals surface area contributed by atoms with Gasteiger partial charge in [0.05, 0.1) is 6.61 Å². The molecule has 18 heavy (non-hydrogen) atoms. The van der Waals surface area contributed by atoms with Crippen LogP contribution in [0.25, 0.3) is 0 Å². The summed E-state index contributed by atoms with van der Waals surface area (Å²) in [5.74, 6) is -0.0445. The molecule has 100 valence electrons. The molecule has 1 aromatic carbocycles. The van der Waals surface area contributed by atoms with Gasteiger partial charge in [-0.3, -0.25) is 4.79 Å². The maximum atomic E-state index is 11.9. The maximum Gasteiger partial charge on any atom is 0.242 e. The first-order valence-corrected chi connectivity index (χ1v) is 6.10. The molecule has 0 bridgehead atoms. The molecule has 1 aromatic rings. The SMILES string of the molecule is C[C@@H](Nc1cccc(CO)c1)C(=O)NC(C)(C)C. The Bertz CT molecular complexity index is 411. The van der Waals surface area contributed by atoms with E-state index in [1.807, 2.05) is 52.0 Å². The van der Waals surface area contributed by atoms with Crippen molar-refractivity contribution in [3.8, 4) is 0 Å². The minimum Gasteiger partial charge on any atom is -0.392 e. The molecule has 0 aliphatic rings. The number of anilines is 1. The minimum atomic E-state index is -0.321. The Hall–Kier alpha value is -1.55. The van der Waals surface area contributed by atoms with Crippen LogP contribution in [0, 0.1) is 0 Å². The standard InChI is InChI=1S/C14H22N2O2/c1-10(13(18)16-14(2,3)4)15-12-7-5-6-11(8-12)9-17/h5-8,10,15,17H,9H2,1-4H3,(H,16,18)/t10-/m1/s1. The zero-order valence-electron chi connectivity index (χ0n) is 11.4. The molecule has 0 aliphatic carbocycles. The zero-order valence-corrected chi connectivity index (χ0v) is 11.4. The van der Waals surface area contributed by atoms with E-state index in [0.29, 0.717) is 0 Å². The lowest BCUT2D eigenvalue weighted by Gasteiger charge is -2.24. The Labute approximate surface area is 108 Å². The van der Waals surface area contributed by atoms with Crippen LogP contribution in [0.4, 0.5) is 5.69 Å². The fraction of sp³-hybridized carbons (Fsp3) is 0.500. The number of aliphatic hydroxyl groups is 1. The third-order valence-corrected chi connectivity index (χ3v) is 2.38. The smallest absolute Gasteiger partial charge is 0.242 e. The van der Waals surface area contributed by atoms with E-state index in [1.165, 1.54) is 0 Å². The largest absolute Gasteiger partial charge is 0.392 e. The first kappa shape index (κ1) is 14.5. The number of amides is 1. The lowest BCUT2D eigenvalue weighted by Crippen LogP contribution is -2.47. The number of carbonyl (C=O) groups excluding carboxylic acids is 1. The molecular formula is C14H22N2O2. The second-order valence-electron chi connectivity index (χ2n) is 5.46. The highest BCUT2D eigenvalue weighted by Gasteiger charge is 2.18. The predicted octanol–water partition coefficient (Wildman–Crippen LogP) is 1.89. The number of rotatable bonds is 4. The van der Waals surface area contributed by atoms with Gasteiger partial charge in [-0.15, -0.1) is 0 Å². The van der Waals surface area contributed by atoms with E-state index in [9.17, 15) is 4.79 Å². The van der Waals surface area contributed by atoms with Crippen molar-refractivity contribution in [2.24, 2.45) is 0 Å². The van der Waals surface area contributed by atoms with E-state index in [0.717, 1.165) is 11.3 Å². The zero-order chi connectivity index (χ0) is 13.8. The fourth-order valence-corrected chi connectivity index (χ4v) is 1.55. The topological polar surface area (TPSA) is 61.4 Å². The summed E-state index contributed by atoms with van der Waals surface area (Å²) in [5.41, 5.74) is 1.42. The Morgan fingerprint density at radius 2 is 2.06 bits per heavy atom. The van der Waals surface area contributed by atoms with Crippen LogP contribution in [-0.2, 0) is 11.4 Å². The molecule has 0 saturated carbocycles. The van der Waals surface area contributed by atoms with Gasteiger partial charge in [0, 0.05) is 11.2 Å². The van der Waals surface area contributed by atoms with Crippen LogP contribution in [0.15, 0.2) is 24.3 Å². The molecule has 0 fully saturated rings. The molecule has 4 heteroatoms. The fourth-order valence-electron chi connectivity index (χ4n) is 1.55. The van der Waals surface area contributed by atoms with E-state index in [2.05, 4.69) is 10.6 Å². The van der Waals surface area contributed by atoms with Crippen LogP contribution in [0.1, 0.15) is 33.3 Å². The molecule has 1 amide bonds. The molecule has 0 unspecified atom stereocenters. The number of aliphatic hydroxyl groups excluding tert-OH is 1. The van der Waals surface area contributed by atoms with Crippen LogP contribution >= 0.6 is 0 Å². The number of benzene rings is 1. The Morgan fingerprint density at radius 1 is 1.39 bits per heavy atom. The predicted molar refractivity (Wildman–Crippen MR) is 73.3 cm³/mol. The number of nitrogens with one attached hydrogen (secondary N) is 2. The van der Waals surface area contributed by atoms with E-state index in [1.54, 1.807) is 0 Å². The van der Waals surface area contributed by atoms with E-state index < -0.39 is 0 Å². The molecule has 0 aliphatic heterocycles. The summed E-state index contributed by atoms with van der Waals surface area (Å²) >= 11 is 0.